The summed E-state index contributed by atoms with van der Waals surface area (Å²) in [6, 6.07) is 20.2. The number of aryl methyl sites for hydroxylation is 1. The molecule has 0 fully saturated rings. The van der Waals surface area contributed by atoms with Crippen molar-refractivity contribution in [2.24, 2.45) is 7.05 Å². The number of hydrogen-bond donors (Lipinski definition) is 4. The van der Waals surface area contributed by atoms with E-state index in [4.69, 9.17) is 4.98 Å². The highest BCUT2D eigenvalue weighted by Gasteiger charge is 2.15. The van der Waals surface area contributed by atoms with E-state index < -0.39 is 0 Å². The van der Waals surface area contributed by atoms with Crippen LogP contribution in [0.25, 0.3) is 33.3 Å². The second kappa shape index (κ2) is 9.27. The third-order valence-corrected chi connectivity index (χ3v) is 5.91. The summed E-state index contributed by atoms with van der Waals surface area (Å²) in [5.74, 6) is 0.743. The first-order valence-corrected chi connectivity index (χ1v) is 11.3. The average Bonchev–Trinajstić information content (AvgIpc) is 3.46. The molecule has 3 heterocycles. The summed E-state index contributed by atoms with van der Waals surface area (Å²) in [6.07, 6.45) is 2.61. The SMILES string of the molecule is CNc1nc2[nH]c(-c3cccc(CNC(=O)NCCc4ccccc4)c3)cc2c2c1ncn2C. The number of nitrogens with zero attached hydrogens (tertiary/aromatic N) is 3. The summed E-state index contributed by atoms with van der Waals surface area (Å²) < 4.78 is 2.01. The molecule has 8 heteroatoms. The Kier molecular flexibility index (Phi) is 5.86. The molecule has 3 aromatic heterocycles. The molecule has 2 aromatic carbocycles. The van der Waals surface area contributed by atoms with Crippen molar-refractivity contribution < 1.29 is 4.79 Å². The topological polar surface area (TPSA) is 99.7 Å². The van der Waals surface area contributed by atoms with Crippen LogP contribution in [0.3, 0.4) is 0 Å². The molecule has 5 aromatic rings. The van der Waals surface area contributed by atoms with E-state index in [2.05, 4.69) is 50.2 Å². The van der Waals surface area contributed by atoms with Crippen LogP contribution in [0.15, 0.2) is 67.0 Å². The third-order valence-electron chi connectivity index (χ3n) is 5.91. The number of aromatic nitrogens is 4. The lowest BCUT2D eigenvalue weighted by atomic mass is 10.1. The van der Waals surface area contributed by atoms with Gasteiger partial charge in [0.15, 0.2) is 5.82 Å². The van der Waals surface area contributed by atoms with E-state index in [0.717, 1.165) is 51.1 Å². The van der Waals surface area contributed by atoms with Gasteiger partial charge in [-0.2, -0.15) is 0 Å². The molecule has 0 aliphatic rings. The van der Waals surface area contributed by atoms with Gasteiger partial charge in [-0.15, -0.1) is 0 Å². The minimum atomic E-state index is -0.172. The van der Waals surface area contributed by atoms with Crippen LogP contribution in [0.1, 0.15) is 11.1 Å². The van der Waals surface area contributed by atoms with Gasteiger partial charge >= 0.3 is 6.03 Å². The Balaban J connectivity index is 1.29. The van der Waals surface area contributed by atoms with Gasteiger partial charge in [-0.05, 0) is 35.2 Å². The van der Waals surface area contributed by atoms with Crippen LogP contribution in [0.4, 0.5) is 10.6 Å². The number of urea groups is 1. The first kappa shape index (κ1) is 21.5. The Labute approximate surface area is 197 Å². The Morgan fingerprint density at radius 2 is 1.85 bits per heavy atom. The average molecular weight is 454 g/mol. The molecule has 172 valence electrons. The molecule has 0 bridgehead atoms. The van der Waals surface area contributed by atoms with Gasteiger partial charge in [0.05, 0.1) is 11.8 Å². The van der Waals surface area contributed by atoms with Gasteiger partial charge in [0.25, 0.3) is 0 Å². The van der Waals surface area contributed by atoms with Crippen molar-refractivity contribution in [2.45, 2.75) is 13.0 Å². The predicted molar refractivity (Wildman–Crippen MR) is 136 cm³/mol. The lowest BCUT2D eigenvalue weighted by molar-refractivity contribution is 0.240. The maximum absolute atomic E-state index is 12.2. The molecule has 0 atom stereocenters. The number of rotatable bonds is 7. The van der Waals surface area contributed by atoms with E-state index in [1.54, 1.807) is 6.33 Å². The number of fused-ring (bicyclic) bond motifs is 3. The molecule has 0 spiro atoms. The number of H-pyrrole nitrogens is 1. The standard InChI is InChI=1S/C26H27N7O/c1-27-25-22-23(33(2)16-30-22)20-14-21(31-24(20)32-25)19-10-6-9-18(13-19)15-29-26(34)28-12-11-17-7-4-3-5-8-17/h3-10,13-14,16H,11-12,15H2,1-2H3,(H2,27,31,32)(H2,28,29,34). The Morgan fingerprint density at radius 1 is 1.03 bits per heavy atom. The minimum absolute atomic E-state index is 0.172. The molecule has 0 saturated carbocycles. The molecule has 8 nitrogen and oxygen atoms in total. The Bertz CT molecular complexity index is 1450. The Morgan fingerprint density at radius 3 is 2.68 bits per heavy atom. The quantitative estimate of drug-likeness (QED) is 0.297. The van der Waals surface area contributed by atoms with Gasteiger partial charge in [0.2, 0.25) is 0 Å². The number of hydrogen-bond acceptors (Lipinski definition) is 4. The zero-order chi connectivity index (χ0) is 23.5. The van der Waals surface area contributed by atoms with Crippen LogP contribution >= 0.6 is 0 Å². The molecule has 0 radical (unpaired) electrons. The third kappa shape index (κ3) is 4.30. The van der Waals surface area contributed by atoms with Gasteiger partial charge in [-0.3, -0.25) is 0 Å². The molecular weight excluding hydrogens is 426 g/mol. The first-order valence-electron chi connectivity index (χ1n) is 11.3. The van der Waals surface area contributed by atoms with Crippen molar-refractivity contribution in [2.75, 3.05) is 18.9 Å². The van der Waals surface area contributed by atoms with Crippen molar-refractivity contribution in [1.29, 1.82) is 0 Å². The van der Waals surface area contributed by atoms with E-state index in [0.29, 0.717) is 13.1 Å². The zero-order valence-electron chi connectivity index (χ0n) is 19.2. The second-order valence-corrected chi connectivity index (χ2v) is 8.25. The number of anilines is 1. The van der Waals surface area contributed by atoms with Crippen LogP contribution in [0.5, 0.6) is 0 Å². The molecule has 0 unspecified atom stereocenters. The number of carbonyl (C=O) groups is 1. The van der Waals surface area contributed by atoms with E-state index in [9.17, 15) is 4.79 Å². The molecule has 0 aliphatic carbocycles. The summed E-state index contributed by atoms with van der Waals surface area (Å²) in [5, 5.41) is 10.0. The number of imidazole rings is 1. The van der Waals surface area contributed by atoms with Crippen molar-refractivity contribution in [3.05, 3.63) is 78.1 Å². The Hall–Kier alpha value is -4.33. The fourth-order valence-corrected chi connectivity index (χ4v) is 4.19. The van der Waals surface area contributed by atoms with Crippen LogP contribution < -0.4 is 16.0 Å². The van der Waals surface area contributed by atoms with Crippen molar-refractivity contribution in [3.63, 3.8) is 0 Å². The molecule has 4 N–H and O–H groups in total. The molecule has 0 aliphatic heterocycles. The minimum Gasteiger partial charge on any atom is -0.371 e. The summed E-state index contributed by atoms with van der Waals surface area (Å²) in [6.45, 7) is 1.04. The molecular formula is C26H27N7O. The highest BCUT2D eigenvalue weighted by Crippen LogP contribution is 2.31. The van der Waals surface area contributed by atoms with Gasteiger partial charge in [0, 0.05) is 38.3 Å². The van der Waals surface area contributed by atoms with Crippen molar-refractivity contribution in [3.8, 4) is 11.3 Å². The van der Waals surface area contributed by atoms with Gasteiger partial charge in [0.1, 0.15) is 11.2 Å². The number of aromatic amines is 1. The fraction of sp³-hybridized carbons (Fsp3) is 0.192. The number of amides is 2. The first-order chi connectivity index (χ1) is 16.6. The monoisotopic (exact) mass is 453 g/mol. The van der Waals surface area contributed by atoms with Crippen LogP contribution in [0.2, 0.25) is 0 Å². The van der Waals surface area contributed by atoms with Crippen molar-refractivity contribution in [1.82, 2.24) is 30.2 Å². The molecule has 0 saturated heterocycles. The van der Waals surface area contributed by atoms with Gasteiger partial charge in [-0.25, -0.2) is 14.8 Å². The number of nitrogens with one attached hydrogen (secondary N) is 4. The molecule has 2 amide bonds. The smallest absolute Gasteiger partial charge is 0.315 e. The molecule has 5 rings (SSSR count). The van der Waals surface area contributed by atoms with E-state index in [1.165, 1.54) is 5.56 Å². The normalized spacial score (nSPS) is 11.1. The number of benzene rings is 2. The van der Waals surface area contributed by atoms with Crippen LogP contribution in [-0.4, -0.2) is 39.1 Å². The lowest BCUT2D eigenvalue weighted by Crippen LogP contribution is -2.36. The summed E-state index contributed by atoms with van der Waals surface area (Å²) >= 11 is 0. The van der Waals surface area contributed by atoms with Crippen molar-refractivity contribution >= 4 is 33.9 Å². The van der Waals surface area contributed by atoms with Crippen LogP contribution in [0, 0.1) is 0 Å². The maximum Gasteiger partial charge on any atom is 0.315 e. The van der Waals surface area contributed by atoms with E-state index >= 15 is 0 Å². The van der Waals surface area contributed by atoms with Gasteiger partial charge in [-0.1, -0.05) is 48.5 Å². The second-order valence-electron chi connectivity index (χ2n) is 8.25. The highest BCUT2D eigenvalue weighted by atomic mass is 16.2. The summed E-state index contributed by atoms with van der Waals surface area (Å²) in [7, 11) is 3.83. The highest BCUT2D eigenvalue weighted by molar-refractivity contribution is 6.07. The summed E-state index contributed by atoms with van der Waals surface area (Å²) in [5.41, 5.74) is 6.89. The number of pyridine rings is 1. The van der Waals surface area contributed by atoms with E-state index in [1.807, 2.05) is 55.1 Å². The van der Waals surface area contributed by atoms with E-state index in [-0.39, 0.29) is 6.03 Å². The largest absolute Gasteiger partial charge is 0.371 e. The lowest BCUT2D eigenvalue weighted by Gasteiger charge is -2.09. The zero-order valence-corrected chi connectivity index (χ0v) is 19.2. The predicted octanol–water partition coefficient (Wildman–Crippen LogP) is 4.20. The van der Waals surface area contributed by atoms with Gasteiger partial charge < -0.3 is 25.5 Å². The molecule has 34 heavy (non-hydrogen) atoms. The summed E-state index contributed by atoms with van der Waals surface area (Å²) in [4.78, 5) is 24.9. The number of carbonyl (C=O) groups excluding carboxylic acids is 1. The van der Waals surface area contributed by atoms with Crippen LogP contribution in [-0.2, 0) is 20.0 Å². The maximum atomic E-state index is 12.2. The fourth-order valence-electron chi connectivity index (χ4n) is 4.19.